The number of benzene rings is 2. The molecule has 3 aliphatic heterocycles. The van der Waals surface area contributed by atoms with E-state index in [-0.39, 0.29) is 42.0 Å². The molecule has 0 aromatic heterocycles. The lowest BCUT2D eigenvalue weighted by molar-refractivity contribution is -0.274. The Bertz CT molecular complexity index is 1160. The third-order valence-corrected chi connectivity index (χ3v) is 7.87. The fourth-order valence-electron chi connectivity index (χ4n) is 6.46. The molecule has 1 spiro atoms. The minimum Gasteiger partial charge on any atom is -0.508 e. The predicted octanol–water partition coefficient (Wildman–Crippen LogP) is 5.54. The molecule has 6 nitrogen and oxygen atoms in total. The second-order valence-corrected chi connectivity index (χ2v) is 11.4. The highest BCUT2D eigenvalue weighted by Gasteiger charge is 2.66. The van der Waals surface area contributed by atoms with Crippen LogP contribution in [0, 0.1) is 5.92 Å². The molecule has 1 unspecified atom stereocenters. The van der Waals surface area contributed by atoms with Crippen molar-refractivity contribution in [3.05, 3.63) is 59.7 Å². The molecule has 0 radical (unpaired) electrons. The molecular weight excluding hydrogens is 487 g/mol. The molecule has 200 valence electrons. The van der Waals surface area contributed by atoms with Gasteiger partial charge in [-0.15, -0.1) is 13.2 Å². The van der Waals surface area contributed by atoms with Crippen LogP contribution in [-0.4, -0.2) is 41.3 Å². The van der Waals surface area contributed by atoms with E-state index in [0.717, 1.165) is 11.6 Å². The molecule has 2 aromatic rings. The van der Waals surface area contributed by atoms with Gasteiger partial charge in [-0.05, 0) is 70.2 Å². The highest BCUT2D eigenvalue weighted by molar-refractivity contribution is 5.75. The monoisotopic (exact) mass is 519 g/mol. The van der Waals surface area contributed by atoms with Crippen LogP contribution in [0.2, 0.25) is 0 Å². The first-order valence-electron chi connectivity index (χ1n) is 12.6. The number of rotatable bonds is 4. The average molecular weight is 520 g/mol. The SMILES string of the molecule is CC(C)(C)OC(=O)C1C[C@]2(c3ccccc3)N[C@@H]1CC[C@@]21C[C@@H](c2cc(OC(F)(F)F)ccc2O)CO1. The molecule has 0 aliphatic carbocycles. The van der Waals surface area contributed by atoms with Gasteiger partial charge in [0.05, 0.1) is 23.7 Å². The highest BCUT2D eigenvalue weighted by Crippen LogP contribution is 2.59. The molecule has 37 heavy (non-hydrogen) atoms. The summed E-state index contributed by atoms with van der Waals surface area (Å²) in [4.78, 5) is 13.2. The van der Waals surface area contributed by atoms with Gasteiger partial charge >= 0.3 is 12.3 Å². The van der Waals surface area contributed by atoms with Crippen molar-refractivity contribution in [3.8, 4) is 11.5 Å². The molecular formula is C28H32F3NO5. The van der Waals surface area contributed by atoms with Gasteiger partial charge in [0.15, 0.2) is 0 Å². The zero-order valence-electron chi connectivity index (χ0n) is 21.1. The second kappa shape index (κ2) is 8.91. The summed E-state index contributed by atoms with van der Waals surface area (Å²) in [6.45, 7) is 5.77. The molecule has 5 rings (SSSR count). The minimum atomic E-state index is -4.83. The van der Waals surface area contributed by atoms with Gasteiger partial charge in [-0.3, -0.25) is 4.79 Å². The number of hydrogen-bond donors (Lipinski definition) is 2. The number of phenols is 1. The molecule has 0 saturated carbocycles. The summed E-state index contributed by atoms with van der Waals surface area (Å²) in [5.74, 6) is -1.45. The summed E-state index contributed by atoms with van der Waals surface area (Å²) < 4.78 is 54.9. The Morgan fingerprint density at radius 3 is 2.51 bits per heavy atom. The van der Waals surface area contributed by atoms with Gasteiger partial charge in [0.2, 0.25) is 0 Å². The molecule has 3 heterocycles. The van der Waals surface area contributed by atoms with Gasteiger partial charge in [-0.1, -0.05) is 30.3 Å². The van der Waals surface area contributed by atoms with Crippen molar-refractivity contribution in [1.29, 1.82) is 0 Å². The third kappa shape index (κ3) is 4.79. The van der Waals surface area contributed by atoms with E-state index in [9.17, 15) is 23.1 Å². The zero-order valence-corrected chi connectivity index (χ0v) is 21.1. The number of aromatic hydroxyl groups is 1. The van der Waals surface area contributed by atoms with E-state index < -0.39 is 23.1 Å². The number of fused-ring (bicyclic) bond motifs is 3. The standard InChI is InChI=1S/C28H32F3NO5/c1-25(2,3)37-24(34)21-15-27(18-7-5-4-6-8-18)26(12-11-22(21)32-27)14-17(16-35-26)20-13-19(9-10-23(20)33)36-28(29,30)31/h4-10,13,17,21-22,32-33H,11-12,14-16H2,1-3H3/t17-,21?,22-,26-,27-/m1/s1. The topological polar surface area (TPSA) is 77.0 Å². The smallest absolute Gasteiger partial charge is 0.508 e. The Hall–Kier alpha value is -2.78. The second-order valence-electron chi connectivity index (χ2n) is 11.4. The molecule has 2 N–H and O–H groups in total. The van der Waals surface area contributed by atoms with Gasteiger partial charge in [0, 0.05) is 17.5 Å². The summed E-state index contributed by atoms with van der Waals surface area (Å²) in [6, 6.07) is 13.3. The number of hydrogen-bond acceptors (Lipinski definition) is 6. The lowest BCUT2D eigenvalue weighted by atomic mass is 9.67. The van der Waals surface area contributed by atoms with Gasteiger partial charge in [0.25, 0.3) is 0 Å². The van der Waals surface area contributed by atoms with E-state index >= 15 is 0 Å². The van der Waals surface area contributed by atoms with E-state index in [1.807, 2.05) is 51.1 Å². The van der Waals surface area contributed by atoms with E-state index in [4.69, 9.17) is 9.47 Å². The largest absolute Gasteiger partial charge is 0.573 e. The number of halogens is 3. The van der Waals surface area contributed by atoms with Gasteiger partial charge in [-0.25, -0.2) is 0 Å². The van der Waals surface area contributed by atoms with Crippen molar-refractivity contribution in [3.63, 3.8) is 0 Å². The van der Waals surface area contributed by atoms with Crippen molar-refractivity contribution in [2.45, 2.75) is 81.5 Å². The van der Waals surface area contributed by atoms with Crippen LogP contribution in [-0.2, 0) is 19.8 Å². The number of piperidine rings is 1. The fourth-order valence-corrected chi connectivity index (χ4v) is 6.46. The maximum atomic E-state index is 13.2. The highest BCUT2D eigenvalue weighted by atomic mass is 19.4. The first-order chi connectivity index (χ1) is 17.3. The quantitative estimate of drug-likeness (QED) is 0.517. The van der Waals surface area contributed by atoms with Crippen LogP contribution in [0.5, 0.6) is 11.5 Å². The van der Waals surface area contributed by atoms with Crippen molar-refractivity contribution in [2.24, 2.45) is 5.92 Å². The average Bonchev–Trinajstić information content (AvgIpc) is 3.38. The summed E-state index contributed by atoms with van der Waals surface area (Å²) in [5, 5.41) is 14.3. The Morgan fingerprint density at radius 1 is 1.11 bits per heavy atom. The van der Waals surface area contributed by atoms with Crippen molar-refractivity contribution in [2.75, 3.05) is 6.61 Å². The lowest BCUT2D eigenvalue weighted by Crippen LogP contribution is -2.61. The van der Waals surface area contributed by atoms with Crippen molar-refractivity contribution < 1.29 is 37.3 Å². The number of ether oxygens (including phenoxy) is 3. The van der Waals surface area contributed by atoms with E-state index in [1.165, 1.54) is 12.1 Å². The van der Waals surface area contributed by atoms with Crippen molar-refractivity contribution in [1.82, 2.24) is 5.32 Å². The summed E-state index contributed by atoms with van der Waals surface area (Å²) >= 11 is 0. The molecule has 5 atom stereocenters. The van der Waals surface area contributed by atoms with E-state index in [1.54, 1.807) is 0 Å². The molecule has 2 bridgehead atoms. The number of nitrogens with one attached hydrogen (secondary N) is 1. The number of carbonyl (C=O) groups is 1. The van der Waals surface area contributed by atoms with Crippen LogP contribution in [0.1, 0.15) is 63.5 Å². The molecule has 3 saturated heterocycles. The van der Waals surface area contributed by atoms with Crippen LogP contribution < -0.4 is 10.1 Å². The first kappa shape index (κ1) is 25.9. The molecule has 3 fully saturated rings. The Balaban J connectivity index is 1.49. The van der Waals surface area contributed by atoms with Crippen LogP contribution in [0.25, 0.3) is 0 Å². The molecule has 9 heteroatoms. The summed E-state index contributed by atoms with van der Waals surface area (Å²) in [6.07, 6.45) is -2.54. The molecule has 0 amide bonds. The third-order valence-electron chi connectivity index (χ3n) is 7.87. The normalized spacial score (nSPS) is 31.5. The minimum absolute atomic E-state index is 0.0831. The van der Waals surface area contributed by atoms with Crippen LogP contribution in [0.3, 0.4) is 0 Å². The van der Waals surface area contributed by atoms with Crippen LogP contribution >= 0.6 is 0 Å². The van der Waals surface area contributed by atoms with Gasteiger partial charge < -0.3 is 24.6 Å². The summed E-state index contributed by atoms with van der Waals surface area (Å²) in [5.41, 5.74) is -0.681. The first-order valence-corrected chi connectivity index (χ1v) is 12.6. The number of phenolic OH excluding ortho intramolecular Hbond substituents is 1. The number of alkyl halides is 3. The Labute approximate surface area is 214 Å². The van der Waals surface area contributed by atoms with Crippen LogP contribution in [0.4, 0.5) is 13.2 Å². The van der Waals surface area contributed by atoms with E-state index in [0.29, 0.717) is 31.2 Å². The zero-order chi connectivity index (χ0) is 26.6. The van der Waals surface area contributed by atoms with Crippen molar-refractivity contribution >= 4 is 5.97 Å². The van der Waals surface area contributed by atoms with Gasteiger partial charge in [0.1, 0.15) is 17.1 Å². The van der Waals surface area contributed by atoms with Gasteiger partial charge in [-0.2, -0.15) is 0 Å². The fraction of sp³-hybridized carbons (Fsp3) is 0.536. The maximum absolute atomic E-state index is 13.2. The number of carbonyl (C=O) groups excluding carboxylic acids is 1. The van der Waals surface area contributed by atoms with Crippen LogP contribution in [0.15, 0.2) is 48.5 Å². The summed E-state index contributed by atoms with van der Waals surface area (Å²) in [7, 11) is 0. The number of esters is 1. The maximum Gasteiger partial charge on any atom is 0.573 e. The van der Waals surface area contributed by atoms with E-state index in [2.05, 4.69) is 10.1 Å². The molecule has 3 aliphatic rings. The Morgan fingerprint density at radius 2 is 1.84 bits per heavy atom. The Kier molecular flexibility index (Phi) is 6.22. The molecule has 2 aromatic carbocycles. The lowest BCUT2D eigenvalue weighted by Gasteiger charge is -2.50. The predicted molar refractivity (Wildman–Crippen MR) is 129 cm³/mol.